The highest BCUT2D eigenvalue weighted by molar-refractivity contribution is 7.15. The Morgan fingerprint density at radius 2 is 1.84 bits per heavy atom. The van der Waals surface area contributed by atoms with Crippen LogP contribution in [0.4, 0.5) is 5.13 Å². The summed E-state index contributed by atoms with van der Waals surface area (Å²) in [6.07, 6.45) is 0. The van der Waals surface area contributed by atoms with Crippen LogP contribution in [0.15, 0.2) is 36.4 Å². The van der Waals surface area contributed by atoms with Crippen molar-refractivity contribution >= 4 is 27.2 Å². The lowest BCUT2D eigenvalue weighted by Crippen LogP contribution is -1.85. The molecule has 2 N–H and O–H groups in total. The lowest BCUT2D eigenvalue weighted by molar-refractivity contribution is 0.415. The maximum absolute atomic E-state index is 5.76. The van der Waals surface area contributed by atoms with Crippen LogP contribution in [-0.2, 0) is 0 Å². The molecule has 0 bridgehead atoms. The summed E-state index contributed by atoms with van der Waals surface area (Å²) < 4.78 is 5.23. The molecule has 0 aliphatic rings. The average molecular weight is 270 g/mol. The van der Waals surface area contributed by atoms with E-state index in [0.29, 0.717) is 5.13 Å². The Balaban J connectivity index is 2.14. The minimum atomic E-state index is 0.613. The Kier molecular flexibility index (Phi) is 2.87. The second-order valence-corrected chi connectivity index (χ2v) is 5.62. The Morgan fingerprint density at radius 3 is 2.53 bits per heavy atom. The zero-order chi connectivity index (χ0) is 13.4. The van der Waals surface area contributed by atoms with Crippen LogP contribution < -0.4 is 10.5 Å². The molecule has 96 valence electrons. The number of nitrogens with zero attached hydrogens (tertiary/aromatic N) is 1. The van der Waals surface area contributed by atoms with E-state index in [1.807, 2.05) is 19.1 Å². The van der Waals surface area contributed by atoms with Gasteiger partial charge in [-0.1, -0.05) is 18.2 Å². The van der Waals surface area contributed by atoms with Crippen LogP contribution in [0.25, 0.3) is 22.0 Å². The van der Waals surface area contributed by atoms with Crippen LogP contribution in [0.2, 0.25) is 0 Å². The number of nitrogens with two attached hydrogens (primary N) is 1. The van der Waals surface area contributed by atoms with Gasteiger partial charge in [-0.25, -0.2) is 4.98 Å². The third-order valence-corrected chi connectivity index (χ3v) is 3.93. The van der Waals surface area contributed by atoms with Crippen LogP contribution in [0, 0.1) is 6.92 Å². The number of fused-ring (bicyclic) bond motifs is 1. The van der Waals surface area contributed by atoms with Gasteiger partial charge in [-0.2, -0.15) is 0 Å². The molecule has 4 heteroatoms. The highest BCUT2D eigenvalue weighted by Crippen LogP contribution is 2.31. The molecule has 0 aliphatic heterocycles. The fourth-order valence-corrected chi connectivity index (χ4v) is 2.89. The first kappa shape index (κ1) is 12.0. The van der Waals surface area contributed by atoms with Crippen LogP contribution in [0.3, 0.4) is 0 Å². The molecule has 2 aromatic carbocycles. The number of thiazole rings is 1. The first-order valence-electron chi connectivity index (χ1n) is 5.98. The normalized spacial score (nSPS) is 10.8. The van der Waals surface area contributed by atoms with Crippen molar-refractivity contribution in [2.75, 3.05) is 12.8 Å². The summed E-state index contributed by atoms with van der Waals surface area (Å²) in [7, 11) is 1.68. The Labute approximate surface area is 115 Å². The van der Waals surface area contributed by atoms with Crippen molar-refractivity contribution in [2.45, 2.75) is 6.92 Å². The van der Waals surface area contributed by atoms with Crippen molar-refractivity contribution in [1.29, 1.82) is 0 Å². The van der Waals surface area contributed by atoms with Gasteiger partial charge in [0.2, 0.25) is 0 Å². The smallest absolute Gasteiger partial charge is 0.180 e. The van der Waals surface area contributed by atoms with Crippen molar-refractivity contribution in [1.82, 2.24) is 4.98 Å². The molecule has 19 heavy (non-hydrogen) atoms. The van der Waals surface area contributed by atoms with Crippen molar-refractivity contribution in [2.24, 2.45) is 0 Å². The summed E-state index contributed by atoms with van der Waals surface area (Å²) >= 11 is 1.52. The van der Waals surface area contributed by atoms with Crippen molar-refractivity contribution in [3.8, 4) is 17.0 Å². The van der Waals surface area contributed by atoms with E-state index < -0.39 is 0 Å². The molecule has 1 aromatic heterocycles. The van der Waals surface area contributed by atoms with Crippen LogP contribution in [0.5, 0.6) is 5.75 Å². The Morgan fingerprint density at radius 1 is 1.11 bits per heavy atom. The van der Waals surface area contributed by atoms with E-state index in [2.05, 4.69) is 29.2 Å². The first-order valence-corrected chi connectivity index (χ1v) is 6.80. The van der Waals surface area contributed by atoms with E-state index in [-0.39, 0.29) is 0 Å². The zero-order valence-electron chi connectivity index (χ0n) is 10.8. The van der Waals surface area contributed by atoms with Gasteiger partial charge < -0.3 is 10.5 Å². The molecule has 0 amide bonds. The molecule has 3 aromatic rings. The molecule has 3 nitrogen and oxygen atoms in total. The Hall–Kier alpha value is -2.07. The third kappa shape index (κ3) is 2.15. The molecule has 0 fully saturated rings. The number of hydrogen-bond donors (Lipinski definition) is 1. The van der Waals surface area contributed by atoms with Gasteiger partial charge >= 0.3 is 0 Å². The van der Waals surface area contributed by atoms with Gasteiger partial charge in [0, 0.05) is 10.4 Å². The van der Waals surface area contributed by atoms with Crippen molar-refractivity contribution < 1.29 is 4.74 Å². The minimum absolute atomic E-state index is 0.613. The highest BCUT2D eigenvalue weighted by Gasteiger charge is 2.08. The number of benzene rings is 2. The van der Waals surface area contributed by atoms with Gasteiger partial charge in [-0.15, -0.1) is 11.3 Å². The number of methoxy groups -OCH3 is 1. The zero-order valence-corrected chi connectivity index (χ0v) is 11.6. The molecule has 0 radical (unpaired) electrons. The van der Waals surface area contributed by atoms with Crippen molar-refractivity contribution in [3.05, 3.63) is 41.3 Å². The fraction of sp³-hybridized carbons (Fsp3) is 0.133. The lowest BCUT2D eigenvalue weighted by atomic mass is 10.0. The summed E-state index contributed by atoms with van der Waals surface area (Å²) in [5.41, 5.74) is 7.83. The molecule has 1 heterocycles. The van der Waals surface area contributed by atoms with Crippen LogP contribution in [-0.4, -0.2) is 12.1 Å². The number of aromatic nitrogens is 1. The lowest BCUT2D eigenvalue weighted by Gasteiger charge is -2.05. The van der Waals surface area contributed by atoms with Gasteiger partial charge in [0.25, 0.3) is 0 Å². The van der Waals surface area contributed by atoms with Gasteiger partial charge in [0.15, 0.2) is 5.13 Å². The molecule has 0 saturated heterocycles. The maximum Gasteiger partial charge on any atom is 0.180 e. The van der Waals surface area contributed by atoms with Gasteiger partial charge in [-0.3, -0.25) is 0 Å². The minimum Gasteiger partial charge on any atom is -0.497 e. The number of hydrogen-bond acceptors (Lipinski definition) is 4. The predicted molar refractivity (Wildman–Crippen MR) is 80.8 cm³/mol. The molecular formula is C15H14N2OS. The maximum atomic E-state index is 5.76. The summed E-state index contributed by atoms with van der Waals surface area (Å²) in [6, 6.07) is 12.3. The van der Waals surface area contributed by atoms with Crippen LogP contribution in [0.1, 0.15) is 4.88 Å². The third-order valence-electron chi connectivity index (χ3n) is 3.13. The van der Waals surface area contributed by atoms with E-state index in [9.17, 15) is 0 Å². The van der Waals surface area contributed by atoms with E-state index in [4.69, 9.17) is 10.5 Å². The number of ether oxygens (including phenoxy) is 1. The average Bonchev–Trinajstić information content (AvgIpc) is 2.76. The van der Waals surface area contributed by atoms with Gasteiger partial charge in [-0.05, 0) is 35.9 Å². The van der Waals surface area contributed by atoms with Crippen molar-refractivity contribution in [3.63, 3.8) is 0 Å². The second-order valence-electron chi connectivity index (χ2n) is 4.38. The Bertz CT molecular complexity index is 749. The SMILES string of the molecule is COc1ccc2cc(-c3nc(N)sc3C)ccc2c1. The molecular weight excluding hydrogens is 256 g/mol. The largest absolute Gasteiger partial charge is 0.497 e. The topological polar surface area (TPSA) is 48.1 Å². The fourth-order valence-electron chi connectivity index (χ4n) is 2.18. The number of nitrogen functional groups attached to an aromatic ring is 1. The summed E-state index contributed by atoms with van der Waals surface area (Å²) in [5, 5.41) is 2.94. The number of aryl methyl sites for hydroxylation is 1. The van der Waals surface area contributed by atoms with E-state index in [1.165, 1.54) is 16.7 Å². The van der Waals surface area contributed by atoms with Crippen LogP contribution >= 0.6 is 11.3 Å². The molecule has 0 atom stereocenters. The highest BCUT2D eigenvalue weighted by atomic mass is 32.1. The molecule has 0 saturated carbocycles. The predicted octanol–water partition coefficient (Wildman–Crippen LogP) is 3.86. The monoisotopic (exact) mass is 270 g/mol. The quantitative estimate of drug-likeness (QED) is 0.769. The summed E-state index contributed by atoms with van der Waals surface area (Å²) in [5.74, 6) is 0.870. The summed E-state index contributed by atoms with van der Waals surface area (Å²) in [6.45, 7) is 2.04. The molecule has 3 rings (SSSR count). The molecule has 0 aliphatic carbocycles. The number of rotatable bonds is 2. The standard InChI is InChI=1S/C15H14N2OS/c1-9-14(17-15(16)19-9)12-4-3-11-8-13(18-2)6-5-10(11)7-12/h3-8H,1-2H3,(H2,16,17). The first-order chi connectivity index (χ1) is 9.17. The summed E-state index contributed by atoms with van der Waals surface area (Å²) in [4.78, 5) is 5.54. The molecule has 0 spiro atoms. The van der Waals surface area contributed by atoms with Gasteiger partial charge in [0.05, 0.1) is 12.8 Å². The van der Waals surface area contributed by atoms with E-state index in [0.717, 1.165) is 27.3 Å². The van der Waals surface area contributed by atoms with E-state index >= 15 is 0 Å². The van der Waals surface area contributed by atoms with E-state index in [1.54, 1.807) is 7.11 Å². The number of anilines is 1. The van der Waals surface area contributed by atoms with Gasteiger partial charge in [0.1, 0.15) is 5.75 Å². The molecule has 0 unspecified atom stereocenters. The second kappa shape index (κ2) is 4.55.